The third-order valence-corrected chi connectivity index (χ3v) is 5.66. The van der Waals surface area contributed by atoms with Gasteiger partial charge >= 0.3 is 0 Å². The monoisotopic (exact) mass is 416 g/mol. The number of nitrogens with zero attached hydrogens (tertiary/aromatic N) is 4. The molecule has 0 aliphatic heterocycles. The van der Waals surface area contributed by atoms with Gasteiger partial charge in [0.05, 0.1) is 13.2 Å². The smallest absolute Gasteiger partial charge is 0.182 e. The fourth-order valence-corrected chi connectivity index (χ4v) is 3.97. The van der Waals surface area contributed by atoms with Gasteiger partial charge in [-0.2, -0.15) is 0 Å². The van der Waals surface area contributed by atoms with E-state index in [0.717, 1.165) is 23.5 Å². The molecule has 5 nitrogen and oxygen atoms in total. The summed E-state index contributed by atoms with van der Waals surface area (Å²) in [6.07, 6.45) is 6.44. The van der Waals surface area contributed by atoms with Crippen LogP contribution in [-0.2, 0) is 6.54 Å². The average molecular weight is 417 g/mol. The number of rotatable bonds is 6. The molecule has 0 spiro atoms. The van der Waals surface area contributed by atoms with Crippen molar-refractivity contribution in [3.63, 3.8) is 0 Å². The first kappa shape index (κ1) is 19.2. The second-order valence-corrected chi connectivity index (χ2v) is 8.11. The molecule has 4 rings (SSSR count). The second kappa shape index (κ2) is 8.93. The third kappa shape index (κ3) is 4.65. The maximum absolute atomic E-state index is 6.25. The van der Waals surface area contributed by atoms with Crippen LogP contribution < -0.4 is 4.74 Å². The maximum atomic E-state index is 6.25. The maximum Gasteiger partial charge on any atom is 0.182 e. The molecular formula is C21H22Cl2N4O. The van der Waals surface area contributed by atoms with Crippen molar-refractivity contribution in [3.05, 3.63) is 58.1 Å². The predicted octanol–water partition coefficient (Wildman–Crippen LogP) is 5.65. The van der Waals surface area contributed by atoms with E-state index in [9.17, 15) is 0 Å². The van der Waals surface area contributed by atoms with E-state index in [-0.39, 0.29) is 0 Å². The first-order valence-electron chi connectivity index (χ1n) is 9.62. The quantitative estimate of drug-likeness (QED) is 0.520. The zero-order chi connectivity index (χ0) is 19.3. The topological polar surface area (TPSA) is 52.8 Å². The summed E-state index contributed by atoms with van der Waals surface area (Å²) in [5.74, 6) is 2.15. The lowest BCUT2D eigenvalue weighted by Crippen LogP contribution is -2.16. The Morgan fingerprint density at radius 2 is 1.71 bits per heavy atom. The molecule has 146 valence electrons. The van der Waals surface area contributed by atoms with E-state index in [2.05, 4.69) is 15.5 Å². The Bertz CT molecular complexity index is 920. The Labute approximate surface area is 174 Å². The fraction of sp³-hybridized carbons (Fsp3) is 0.381. The number of hydrogen-bond donors (Lipinski definition) is 0. The summed E-state index contributed by atoms with van der Waals surface area (Å²) < 4.78 is 7.94. The number of hydrogen-bond acceptors (Lipinski definition) is 4. The van der Waals surface area contributed by atoms with Crippen LogP contribution in [0.1, 0.15) is 37.7 Å². The minimum atomic E-state index is 0.478. The SMILES string of the molecule is Clc1ccc(-c2nnnn2Cc2cc(Cl)ccc2OCC2CCCCC2)cc1. The molecule has 0 amide bonds. The summed E-state index contributed by atoms with van der Waals surface area (Å²) in [7, 11) is 0. The second-order valence-electron chi connectivity index (χ2n) is 7.23. The molecule has 1 aliphatic rings. The minimum Gasteiger partial charge on any atom is -0.493 e. The van der Waals surface area contributed by atoms with Gasteiger partial charge in [0.1, 0.15) is 5.75 Å². The minimum absolute atomic E-state index is 0.478. The van der Waals surface area contributed by atoms with Gasteiger partial charge in [-0.3, -0.25) is 0 Å². The van der Waals surface area contributed by atoms with Crippen molar-refractivity contribution in [1.29, 1.82) is 0 Å². The van der Waals surface area contributed by atoms with Crippen molar-refractivity contribution in [2.45, 2.75) is 38.6 Å². The van der Waals surface area contributed by atoms with Gasteiger partial charge in [-0.15, -0.1) is 5.10 Å². The molecule has 1 aliphatic carbocycles. The molecule has 28 heavy (non-hydrogen) atoms. The zero-order valence-corrected chi connectivity index (χ0v) is 17.0. The molecule has 2 aromatic carbocycles. The van der Waals surface area contributed by atoms with Crippen LogP contribution in [0.4, 0.5) is 0 Å². The predicted molar refractivity (Wildman–Crippen MR) is 111 cm³/mol. The Kier molecular flexibility index (Phi) is 6.13. The summed E-state index contributed by atoms with van der Waals surface area (Å²) in [6, 6.07) is 13.2. The van der Waals surface area contributed by atoms with Crippen LogP contribution in [0.3, 0.4) is 0 Å². The zero-order valence-electron chi connectivity index (χ0n) is 15.5. The van der Waals surface area contributed by atoms with Crippen LogP contribution in [0.2, 0.25) is 10.0 Å². The van der Waals surface area contributed by atoms with E-state index in [1.807, 2.05) is 42.5 Å². The summed E-state index contributed by atoms with van der Waals surface area (Å²) in [4.78, 5) is 0. The molecule has 0 N–H and O–H groups in total. The third-order valence-electron chi connectivity index (χ3n) is 5.18. The van der Waals surface area contributed by atoms with Crippen LogP contribution >= 0.6 is 23.2 Å². The van der Waals surface area contributed by atoms with Crippen molar-refractivity contribution >= 4 is 23.2 Å². The molecule has 0 radical (unpaired) electrons. The average Bonchev–Trinajstić information content (AvgIpc) is 3.17. The molecular weight excluding hydrogens is 395 g/mol. The molecule has 0 bridgehead atoms. The number of tetrazole rings is 1. The van der Waals surface area contributed by atoms with Crippen molar-refractivity contribution in [2.24, 2.45) is 5.92 Å². The van der Waals surface area contributed by atoms with Crippen LogP contribution in [-0.4, -0.2) is 26.8 Å². The number of ether oxygens (including phenoxy) is 1. The van der Waals surface area contributed by atoms with Crippen molar-refractivity contribution < 1.29 is 4.74 Å². The highest BCUT2D eigenvalue weighted by atomic mass is 35.5. The molecule has 0 saturated heterocycles. The van der Waals surface area contributed by atoms with Gasteiger partial charge in [-0.1, -0.05) is 42.5 Å². The highest BCUT2D eigenvalue weighted by molar-refractivity contribution is 6.30. The largest absolute Gasteiger partial charge is 0.493 e. The van der Waals surface area contributed by atoms with E-state index in [1.165, 1.54) is 32.1 Å². The molecule has 1 fully saturated rings. The Hall–Kier alpha value is -2.11. The Morgan fingerprint density at radius 1 is 0.964 bits per heavy atom. The van der Waals surface area contributed by atoms with E-state index < -0.39 is 0 Å². The summed E-state index contributed by atoms with van der Waals surface area (Å²) >= 11 is 12.2. The Morgan fingerprint density at radius 3 is 2.50 bits per heavy atom. The summed E-state index contributed by atoms with van der Waals surface area (Å²) in [6.45, 7) is 1.22. The molecule has 1 saturated carbocycles. The molecule has 0 atom stereocenters. The summed E-state index contributed by atoms with van der Waals surface area (Å²) in [5.41, 5.74) is 1.87. The molecule has 1 heterocycles. The number of halogens is 2. The van der Waals surface area contributed by atoms with Crippen LogP contribution in [0.15, 0.2) is 42.5 Å². The normalized spacial score (nSPS) is 14.9. The standard InChI is InChI=1S/C21H22Cl2N4O/c22-18-8-6-16(7-9-18)21-24-25-26-27(21)13-17-12-19(23)10-11-20(17)28-14-15-4-2-1-3-5-15/h6-12,15H,1-5,13-14H2. The van der Waals surface area contributed by atoms with Crippen LogP contribution in [0, 0.1) is 5.92 Å². The van der Waals surface area contributed by atoms with Gasteiger partial charge in [0.2, 0.25) is 0 Å². The lowest BCUT2D eigenvalue weighted by atomic mass is 9.90. The fourth-order valence-electron chi connectivity index (χ4n) is 3.65. The first-order valence-corrected chi connectivity index (χ1v) is 10.4. The lowest BCUT2D eigenvalue weighted by molar-refractivity contribution is 0.207. The van der Waals surface area contributed by atoms with Crippen LogP contribution in [0.5, 0.6) is 5.75 Å². The van der Waals surface area contributed by atoms with Crippen molar-refractivity contribution in [3.8, 4) is 17.1 Å². The van der Waals surface area contributed by atoms with Gasteiger partial charge in [0.25, 0.3) is 0 Å². The molecule has 7 heteroatoms. The van der Waals surface area contributed by atoms with E-state index >= 15 is 0 Å². The highest BCUT2D eigenvalue weighted by Gasteiger charge is 2.16. The van der Waals surface area contributed by atoms with Gasteiger partial charge in [0, 0.05) is 21.2 Å². The molecule has 1 aromatic heterocycles. The highest BCUT2D eigenvalue weighted by Crippen LogP contribution is 2.29. The van der Waals surface area contributed by atoms with E-state index in [4.69, 9.17) is 27.9 Å². The van der Waals surface area contributed by atoms with Gasteiger partial charge in [-0.05, 0) is 71.7 Å². The number of benzene rings is 2. The molecule has 3 aromatic rings. The summed E-state index contributed by atoms with van der Waals surface area (Å²) in [5, 5.41) is 13.5. The van der Waals surface area contributed by atoms with Crippen LogP contribution in [0.25, 0.3) is 11.4 Å². The lowest BCUT2D eigenvalue weighted by Gasteiger charge is -2.22. The first-order chi connectivity index (χ1) is 13.7. The van der Waals surface area contributed by atoms with Gasteiger partial charge in [-0.25, -0.2) is 4.68 Å². The van der Waals surface area contributed by atoms with Crippen molar-refractivity contribution in [2.75, 3.05) is 6.61 Å². The van der Waals surface area contributed by atoms with Gasteiger partial charge < -0.3 is 4.74 Å². The number of aromatic nitrogens is 4. The van der Waals surface area contributed by atoms with E-state index in [0.29, 0.717) is 28.3 Å². The van der Waals surface area contributed by atoms with Gasteiger partial charge in [0.15, 0.2) is 5.82 Å². The van der Waals surface area contributed by atoms with Crippen molar-refractivity contribution in [1.82, 2.24) is 20.2 Å². The Balaban J connectivity index is 1.54. The van der Waals surface area contributed by atoms with E-state index in [1.54, 1.807) is 4.68 Å². The molecule has 0 unspecified atom stereocenters.